The summed E-state index contributed by atoms with van der Waals surface area (Å²) < 4.78 is 17.1. The van der Waals surface area contributed by atoms with Crippen LogP contribution in [0.5, 0.6) is 5.75 Å². The fourth-order valence-corrected chi connectivity index (χ4v) is 2.68. The van der Waals surface area contributed by atoms with Gasteiger partial charge in [-0.2, -0.15) is 0 Å². The summed E-state index contributed by atoms with van der Waals surface area (Å²) in [7, 11) is 1.63. The van der Waals surface area contributed by atoms with E-state index in [1.807, 2.05) is 12.1 Å². The van der Waals surface area contributed by atoms with Gasteiger partial charge in [-0.25, -0.2) is 0 Å². The topological polar surface area (TPSA) is 27.7 Å². The molecule has 1 heterocycles. The highest BCUT2D eigenvalue weighted by Crippen LogP contribution is 2.42. The zero-order valence-corrected chi connectivity index (χ0v) is 12.5. The summed E-state index contributed by atoms with van der Waals surface area (Å²) in [5.41, 5.74) is 0.856. The Bertz CT molecular complexity index is 417. The van der Waals surface area contributed by atoms with Crippen molar-refractivity contribution in [2.45, 2.75) is 25.0 Å². The second-order valence-electron chi connectivity index (χ2n) is 4.44. The Balaban J connectivity index is 2.30. The van der Waals surface area contributed by atoms with Crippen LogP contribution in [0.2, 0.25) is 5.02 Å². The van der Waals surface area contributed by atoms with Crippen LogP contribution in [0.3, 0.4) is 0 Å². The van der Waals surface area contributed by atoms with Crippen LogP contribution in [-0.4, -0.2) is 26.2 Å². The van der Waals surface area contributed by atoms with E-state index in [1.54, 1.807) is 13.2 Å². The Labute approximate surface area is 123 Å². The fraction of sp³-hybridized carbons (Fsp3) is 0.571. The molecule has 0 N–H and O–H groups in total. The number of ether oxygens (including phenoxy) is 3. The highest BCUT2D eigenvalue weighted by atomic mass is 35.5. The Hall–Kier alpha value is -0.480. The highest BCUT2D eigenvalue weighted by molar-refractivity contribution is 6.30. The van der Waals surface area contributed by atoms with Crippen molar-refractivity contribution in [2.75, 3.05) is 26.2 Å². The molecular formula is C14H18Cl2O3. The Morgan fingerprint density at radius 2 is 2.00 bits per heavy atom. The van der Waals surface area contributed by atoms with Crippen LogP contribution in [0.15, 0.2) is 18.2 Å². The quantitative estimate of drug-likeness (QED) is 0.588. The molecule has 3 nitrogen and oxygen atoms in total. The van der Waals surface area contributed by atoms with E-state index in [1.165, 1.54) is 0 Å². The molecule has 0 aliphatic carbocycles. The van der Waals surface area contributed by atoms with Crippen LogP contribution in [0, 0.1) is 0 Å². The van der Waals surface area contributed by atoms with Gasteiger partial charge in [-0.1, -0.05) is 11.6 Å². The van der Waals surface area contributed by atoms with Crippen molar-refractivity contribution in [3.63, 3.8) is 0 Å². The van der Waals surface area contributed by atoms with Crippen LogP contribution in [0.1, 0.15) is 24.8 Å². The van der Waals surface area contributed by atoms with Crippen LogP contribution in [-0.2, 0) is 15.3 Å². The zero-order chi connectivity index (χ0) is 13.7. The van der Waals surface area contributed by atoms with Gasteiger partial charge >= 0.3 is 0 Å². The second-order valence-corrected chi connectivity index (χ2v) is 5.25. The minimum absolute atomic E-state index is 0.580. The van der Waals surface area contributed by atoms with Gasteiger partial charge in [0.2, 0.25) is 0 Å². The predicted octanol–water partition coefficient (Wildman–Crippen LogP) is 3.96. The van der Waals surface area contributed by atoms with Crippen LogP contribution < -0.4 is 4.74 Å². The lowest BCUT2D eigenvalue weighted by atomic mass is 9.98. The Morgan fingerprint density at radius 1 is 1.26 bits per heavy atom. The molecule has 1 aromatic carbocycles. The Kier molecular flexibility index (Phi) is 5.34. The molecule has 0 radical (unpaired) electrons. The molecule has 1 aliphatic rings. The van der Waals surface area contributed by atoms with Crippen LogP contribution in [0.4, 0.5) is 0 Å². The summed E-state index contributed by atoms with van der Waals surface area (Å²) in [5.74, 6) is 0.627. The van der Waals surface area contributed by atoms with Gasteiger partial charge in [0.1, 0.15) is 5.75 Å². The van der Waals surface area contributed by atoms with E-state index in [0.717, 1.165) is 30.6 Å². The minimum Gasteiger partial charge on any atom is -0.496 e. The maximum atomic E-state index is 6.09. The third kappa shape index (κ3) is 3.34. The molecule has 0 atom stereocenters. The summed E-state index contributed by atoms with van der Waals surface area (Å²) in [6.45, 7) is 1.16. The first-order valence-electron chi connectivity index (χ1n) is 6.40. The molecule has 0 bridgehead atoms. The lowest BCUT2D eigenvalue weighted by Crippen LogP contribution is -2.28. The number of unbranched alkanes of at least 4 members (excludes halogenated alkanes) is 1. The van der Waals surface area contributed by atoms with Gasteiger partial charge in [0, 0.05) is 17.3 Å². The minimum atomic E-state index is -0.748. The molecule has 106 valence electrons. The summed E-state index contributed by atoms with van der Waals surface area (Å²) in [4.78, 5) is 0. The molecule has 19 heavy (non-hydrogen) atoms. The largest absolute Gasteiger partial charge is 0.496 e. The van der Waals surface area contributed by atoms with Gasteiger partial charge in [0.05, 0.1) is 25.9 Å². The summed E-state index contributed by atoms with van der Waals surface area (Å²) in [5, 5.41) is 0.645. The smallest absolute Gasteiger partial charge is 0.198 e. The molecule has 0 unspecified atom stereocenters. The Morgan fingerprint density at radius 3 is 2.63 bits per heavy atom. The number of hydrogen-bond acceptors (Lipinski definition) is 3. The second kappa shape index (κ2) is 6.80. The standard InChI is InChI=1S/C14H18Cl2O3/c1-17-13-5-4-11(16)10-12(13)14(6-2-3-7-15)18-8-9-19-14/h4-5,10H,2-3,6-9H2,1H3. The van der Waals surface area contributed by atoms with E-state index in [2.05, 4.69) is 0 Å². The van der Waals surface area contributed by atoms with Gasteiger partial charge in [0.25, 0.3) is 0 Å². The molecule has 0 spiro atoms. The van der Waals surface area contributed by atoms with Crippen molar-refractivity contribution >= 4 is 23.2 Å². The highest BCUT2D eigenvalue weighted by Gasteiger charge is 2.40. The van der Waals surface area contributed by atoms with Crippen molar-refractivity contribution in [3.8, 4) is 5.75 Å². The third-order valence-electron chi connectivity index (χ3n) is 3.22. The normalized spacial score (nSPS) is 17.6. The van der Waals surface area contributed by atoms with E-state index < -0.39 is 5.79 Å². The molecule has 1 fully saturated rings. The monoisotopic (exact) mass is 304 g/mol. The van der Waals surface area contributed by atoms with Crippen LogP contribution >= 0.6 is 23.2 Å². The number of alkyl halides is 1. The molecule has 1 saturated heterocycles. The lowest BCUT2D eigenvalue weighted by Gasteiger charge is -2.29. The molecule has 5 heteroatoms. The van der Waals surface area contributed by atoms with Gasteiger partial charge in [0.15, 0.2) is 5.79 Å². The van der Waals surface area contributed by atoms with Crippen LogP contribution in [0.25, 0.3) is 0 Å². The molecule has 1 aliphatic heterocycles. The number of halogens is 2. The van der Waals surface area contributed by atoms with Crippen molar-refractivity contribution in [2.24, 2.45) is 0 Å². The first kappa shape index (κ1) is 14.9. The third-order valence-corrected chi connectivity index (χ3v) is 3.72. The molecule has 2 rings (SSSR count). The zero-order valence-electron chi connectivity index (χ0n) is 11.0. The number of rotatable bonds is 6. The van der Waals surface area contributed by atoms with Gasteiger partial charge < -0.3 is 14.2 Å². The van der Waals surface area contributed by atoms with E-state index >= 15 is 0 Å². The van der Waals surface area contributed by atoms with Crippen molar-refractivity contribution in [1.29, 1.82) is 0 Å². The van der Waals surface area contributed by atoms with Gasteiger partial charge in [-0.05, 0) is 31.0 Å². The number of methoxy groups -OCH3 is 1. The molecule has 0 saturated carbocycles. The van der Waals surface area contributed by atoms with E-state index in [0.29, 0.717) is 24.1 Å². The van der Waals surface area contributed by atoms with E-state index in [-0.39, 0.29) is 0 Å². The first-order valence-corrected chi connectivity index (χ1v) is 7.31. The fourth-order valence-electron chi connectivity index (χ4n) is 2.32. The SMILES string of the molecule is COc1ccc(Cl)cc1C1(CCCCCl)OCCO1. The van der Waals surface area contributed by atoms with Crippen molar-refractivity contribution in [1.82, 2.24) is 0 Å². The van der Waals surface area contributed by atoms with Crippen molar-refractivity contribution in [3.05, 3.63) is 28.8 Å². The summed E-state index contributed by atoms with van der Waals surface area (Å²) in [6, 6.07) is 5.49. The average Bonchev–Trinajstić information content (AvgIpc) is 2.89. The molecule has 1 aromatic rings. The molecular weight excluding hydrogens is 287 g/mol. The molecule has 0 amide bonds. The lowest BCUT2D eigenvalue weighted by molar-refractivity contribution is -0.172. The number of hydrogen-bond donors (Lipinski definition) is 0. The first-order chi connectivity index (χ1) is 9.22. The summed E-state index contributed by atoms with van der Waals surface area (Å²) in [6.07, 6.45) is 2.61. The number of benzene rings is 1. The van der Waals surface area contributed by atoms with Gasteiger partial charge in [-0.3, -0.25) is 0 Å². The maximum Gasteiger partial charge on any atom is 0.198 e. The van der Waals surface area contributed by atoms with Gasteiger partial charge in [-0.15, -0.1) is 11.6 Å². The van der Waals surface area contributed by atoms with E-state index in [4.69, 9.17) is 37.4 Å². The predicted molar refractivity (Wildman–Crippen MR) is 76.2 cm³/mol. The van der Waals surface area contributed by atoms with Crippen molar-refractivity contribution < 1.29 is 14.2 Å². The average molecular weight is 305 g/mol. The maximum absolute atomic E-state index is 6.09. The van der Waals surface area contributed by atoms with E-state index in [9.17, 15) is 0 Å². The summed E-state index contributed by atoms with van der Waals surface area (Å²) >= 11 is 11.8. The molecule has 0 aromatic heterocycles.